The average Bonchev–Trinajstić information content (AvgIpc) is 2.75. The second-order valence-electron chi connectivity index (χ2n) is 6.72. The van der Waals surface area contributed by atoms with Gasteiger partial charge in [-0.15, -0.1) is 0 Å². The quantitative estimate of drug-likeness (QED) is 0.573. The summed E-state index contributed by atoms with van der Waals surface area (Å²) in [6.07, 6.45) is 2.42. The summed E-state index contributed by atoms with van der Waals surface area (Å²) < 4.78 is 5.85. The van der Waals surface area contributed by atoms with Gasteiger partial charge in [-0.1, -0.05) is 23.7 Å². The molecule has 6 nitrogen and oxygen atoms in total. The molecule has 0 bridgehead atoms. The Bertz CT molecular complexity index is 1070. The van der Waals surface area contributed by atoms with E-state index in [9.17, 15) is 9.59 Å². The van der Waals surface area contributed by atoms with Crippen LogP contribution in [0.5, 0.6) is 11.5 Å². The number of pyridine rings is 1. The molecule has 0 radical (unpaired) electrons. The number of aromatic nitrogens is 1. The van der Waals surface area contributed by atoms with E-state index in [4.69, 9.17) is 16.3 Å². The first-order chi connectivity index (χ1) is 14.4. The number of ether oxygens (including phenoxy) is 1. The molecule has 2 aromatic carbocycles. The molecule has 0 saturated carbocycles. The van der Waals surface area contributed by atoms with Gasteiger partial charge in [-0.2, -0.15) is 0 Å². The van der Waals surface area contributed by atoms with E-state index >= 15 is 0 Å². The molecule has 1 aromatic heterocycles. The SMILES string of the molecule is CNC(=O)c1cc(Oc2cccc(CCC(=O)Nc3ccc(Cl)c(C)c3)c2)ccn1. The van der Waals surface area contributed by atoms with E-state index in [1.807, 2.05) is 37.3 Å². The minimum atomic E-state index is -0.281. The summed E-state index contributed by atoms with van der Waals surface area (Å²) in [5, 5.41) is 6.08. The molecule has 2 amide bonds. The molecule has 3 rings (SSSR count). The van der Waals surface area contributed by atoms with Crippen LogP contribution in [0.1, 0.15) is 28.0 Å². The Morgan fingerprint density at radius 3 is 2.63 bits per heavy atom. The maximum atomic E-state index is 12.3. The number of amides is 2. The summed E-state index contributed by atoms with van der Waals surface area (Å²) >= 11 is 6.01. The van der Waals surface area contributed by atoms with Crippen molar-refractivity contribution in [3.05, 3.63) is 82.6 Å². The molecule has 0 atom stereocenters. The van der Waals surface area contributed by atoms with E-state index < -0.39 is 0 Å². The van der Waals surface area contributed by atoms with Crippen molar-refractivity contribution in [2.24, 2.45) is 0 Å². The molecular formula is C23H22ClN3O3. The number of aryl methyl sites for hydroxylation is 2. The van der Waals surface area contributed by atoms with Crippen LogP contribution in [-0.2, 0) is 11.2 Å². The number of hydrogen-bond donors (Lipinski definition) is 2. The summed E-state index contributed by atoms with van der Waals surface area (Å²) in [7, 11) is 1.55. The van der Waals surface area contributed by atoms with Gasteiger partial charge in [0.2, 0.25) is 5.91 Å². The first-order valence-electron chi connectivity index (χ1n) is 9.45. The van der Waals surface area contributed by atoms with Crippen molar-refractivity contribution in [3.8, 4) is 11.5 Å². The van der Waals surface area contributed by atoms with Gasteiger partial charge < -0.3 is 15.4 Å². The molecule has 30 heavy (non-hydrogen) atoms. The normalized spacial score (nSPS) is 10.4. The van der Waals surface area contributed by atoms with Gasteiger partial charge in [0.25, 0.3) is 5.91 Å². The number of nitrogens with one attached hydrogen (secondary N) is 2. The standard InChI is InChI=1S/C23H22ClN3O3/c1-15-12-17(7-8-20(15)24)27-22(28)9-6-16-4-3-5-18(13-16)30-19-10-11-26-21(14-19)23(29)25-2/h3-5,7-8,10-14H,6,9H2,1-2H3,(H,25,29)(H,27,28). The summed E-state index contributed by atoms with van der Waals surface area (Å²) in [5.74, 6) is 0.774. The Morgan fingerprint density at radius 2 is 1.87 bits per heavy atom. The predicted octanol–water partition coefficient (Wildman–Crippen LogP) is 4.77. The molecule has 0 spiro atoms. The van der Waals surface area contributed by atoms with Crippen molar-refractivity contribution in [3.63, 3.8) is 0 Å². The second kappa shape index (κ2) is 9.89. The van der Waals surface area contributed by atoms with Crippen molar-refractivity contribution in [2.45, 2.75) is 19.8 Å². The van der Waals surface area contributed by atoms with Gasteiger partial charge in [0, 0.05) is 36.4 Å². The zero-order valence-electron chi connectivity index (χ0n) is 16.7. The molecule has 0 aliphatic heterocycles. The molecule has 2 N–H and O–H groups in total. The highest BCUT2D eigenvalue weighted by Crippen LogP contribution is 2.23. The zero-order chi connectivity index (χ0) is 21.5. The van der Waals surface area contributed by atoms with Crippen LogP contribution in [0, 0.1) is 6.92 Å². The van der Waals surface area contributed by atoms with Crippen molar-refractivity contribution < 1.29 is 14.3 Å². The van der Waals surface area contributed by atoms with Gasteiger partial charge in [0.15, 0.2) is 0 Å². The molecule has 0 aliphatic rings. The number of carbonyl (C=O) groups excluding carboxylic acids is 2. The molecule has 154 valence electrons. The van der Waals surface area contributed by atoms with Crippen molar-refractivity contribution in [1.29, 1.82) is 0 Å². The molecule has 7 heteroatoms. The van der Waals surface area contributed by atoms with Gasteiger partial charge in [-0.25, -0.2) is 0 Å². The third-order valence-electron chi connectivity index (χ3n) is 4.41. The smallest absolute Gasteiger partial charge is 0.269 e. The lowest BCUT2D eigenvalue weighted by atomic mass is 10.1. The first kappa shape index (κ1) is 21.3. The predicted molar refractivity (Wildman–Crippen MR) is 117 cm³/mol. The fourth-order valence-corrected chi connectivity index (χ4v) is 2.95. The average molecular weight is 424 g/mol. The van der Waals surface area contributed by atoms with Crippen LogP contribution in [0.25, 0.3) is 0 Å². The number of anilines is 1. The lowest BCUT2D eigenvalue weighted by Crippen LogP contribution is -2.18. The van der Waals surface area contributed by atoms with E-state index in [1.54, 1.807) is 31.3 Å². The third-order valence-corrected chi connectivity index (χ3v) is 4.83. The minimum absolute atomic E-state index is 0.0765. The molecule has 0 unspecified atom stereocenters. The fraction of sp³-hybridized carbons (Fsp3) is 0.174. The van der Waals surface area contributed by atoms with Gasteiger partial charge in [0.1, 0.15) is 17.2 Å². The van der Waals surface area contributed by atoms with Gasteiger partial charge in [-0.05, 0) is 60.9 Å². The number of nitrogens with zero attached hydrogens (tertiary/aromatic N) is 1. The Kier molecular flexibility index (Phi) is 7.03. The molecule has 0 aliphatic carbocycles. The monoisotopic (exact) mass is 423 g/mol. The van der Waals surface area contributed by atoms with Gasteiger partial charge in [-0.3, -0.25) is 14.6 Å². The highest BCUT2D eigenvalue weighted by Gasteiger charge is 2.08. The summed E-state index contributed by atoms with van der Waals surface area (Å²) in [6.45, 7) is 1.89. The fourth-order valence-electron chi connectivity index (χ4n) is 2.83. The summed E-state index contributed by atoms with van der Waals surface area (Å²) in [4.78, 5) is 28.0. The Morgan fingerprint density at radius 1 is 1.07 bits per heavy atom. The maximum Gasteiger partial charge on any atom is 0.269 e. The molecule has 1 heterocycles. The maximum absolute atomic E-state index is 12.3. The van der Waals surface area contributed by atoms with Crippen LogP contribution in [0.3, 0.4) is 0 Å². The first-order valence-corrected chi connectivity index (χ1v) is 9.83. The van der Waals surface area contributed by atoms with Crippen LogP contribution in [0.2, 0.25) is 5.02 Å². The lowest BCUT2D eigenvalue weighted by molar-refractivity contribution is -0.116. The summed E-state index contributed by atoms with van der Waals surface area (Å²) in [5.41, 5.74) is 2.88. The van der Waals surface area contributed by atoms with Crippen molar-refractivity contribution >= 4 is 29.1 Å². The molecular weight excluding hydrogens is 402 g/mol. The zero-order valence-corrected chi connectivity index (χ0v) is 17.5. The Labute approximate surface area is 180 Å². The van der Waals surface area contributed by atoms with Crippen LogP contribution in [-0.4, -0.2) is 23.8 Å². The lowest BCUT2D eigenvalue weighted by Gasteiger charge is -2.09. The highest BCUT2D eigenvalue weighted by molar-refractivity contribution is 6.31. The topological polar surface area (TPSA) is 80.3 Å². The number of halogens is 1. The van der Waals surface area contributed by atoms with Gasteiger partial charge in [0.05, 0.1) is 0 Å². The highest BCUT2D eigenvalue weighted by atomic mass is 35.5. The number of rotatable bonds is 7. The number of carbonyl (C=O) groups is 2. The van der Waals surface area contributed by atoms with E-state index in [-0.39, 0.29) is 17.5 Å². The van der Waals surface area contributed by atoms with Crippen LogP contribution < -0.4 is 15.4 Å². The van der Waals surface area contributed by atoms with Crippen molar-refractivity contribution in [1.82, 2.24) is 10.3 Å². The Balaban J connectivity index is 1.59. The van der Waals surface area contributed by atoms with Gasteiger partial charge >= 0.3 is 0 Å². The largest absolute Gasteiger partial charge is 0.457 e. The minimum Gasteiger partial charge on any atom is -0.457 e. The second-order valence-corrected chi connectivity index (χ2v) is 7.12. The molecule has 3 aromatic rings. The van der Waals surface area contributed by atoms with Crippen molar-refractivity contribution in [2.75, 3.05) is 12.4 Å². The van der Waals surface area contributed by atoms with E-state index in [1.165, 1.54) is 6.20 Å². The third kappa shape index (κ3) is 5.81. The number of hydrogen-bond acceptors (Lipinski definition) is 4. The van der Waals surface area contributed by atoms with E-state index in [0.29, 0.717) is 29.4 Å². The Hall–Kier alpha value is -3.38. The van der Waals surface area contributed by atoms with Crippen LogP contribution in [0.4, 0.5) is 5.69 Å². The molecule has 0 saturated heterocycles. The van der Waals surface area contributed by atoms with E-state index in [0.717, 1.165) is 16.8 Å². The van der Waals surface area contributed by atoms with E-state index in [2.05, 4.69) is 15.6 Å². The molecule has 0 fully saturated rings. The number of benzene rings is 2. The van der Waals surface area contributed by atoms with Crippen LogP contribution >= 0.6 is 11.6 Å². The van der Waals surface area contributed by atoms with Crippen LogP contribution in [0.15, 0.2) is 60.8 Å². The summed E-state index contributed by atoms with van der Waals surface area (Å²) in [6, 6.07) is 16.1.